The zero-order chi connectivity index (χ0) is 31.9. The summed E-state index contributed by atoms with van der Waals surface area (Å²) >= 11 is 13.3. The molecule has 1 aromatic carbocycles. The first kappa shape index (κ1) is 32.7. The second-order valence-corrected chi connectivity index (χ2v) is 13.4. The fourth-order valence-corrected chi connectivity index (χ4v) is 6.66. The molecule has 234 valence electrons. The number of methoxy groups -OCH3 is 2. The van der Waals surface area contributed by atoms with Crippen molar-refractivity contribution in [3.8, 4) is 22.6 Å². The molecule has 10 nitrogen and oxygen atoms in total. The van der Waals surface area contributed by atoms with Crippen molar-refractivity contribution in [3.63, 3.8) is 0 Å². The third kappa shape index (κ3) is 6.50. The van der Waals surface area contributed by atoms with Crippen LogP contribution in [0.2, 0.25) is 10.0 Å². The van der Waals surface area contributed by atoms with Gasteiger partial charge in [0.25, 0.3) is 5.56 Å². The number of halogens is 2. The molecule has 0 spiro atoms. The zero-order valence-corrected chi connectivity index (χ0v) is 27.8. The number of aromatic nitrogens is 3. The lowest BCUT2D eigenvalue weighted by Gasteiger charge is -2.45. The highest BCUT2D eigenvalue weighted by Gasteiger charge is 2.40. The van der Waals surface area contributed by atoms with Gasteiger partial charge in [-0.3, -0.25) is 14.3 Å². The number of rotatable bonds is 7. The molecule has 1 aliphatic carbocycles. The van der Waals surface area contributed by atoms with Gasteiger partial charge in [0.1, 0.15) is 23.3 Å². The van der Waals surface area contributed by atoms with Crippen LogP contribution in [0.4, 0.5) is 10.7 Å². The molecule has 1 saturated carbocycles. The molecule has 3 aromatic rings. The Morgan fingerprint density at radius 3 is 2.19 bits per heavy atom. The number of nitrogens with zero attached hydrogens (tertiary/aromatic N) is 4. The highest BCUT2D eigenvalue weighted by molar-refractivity contribution is 6.41. The monoisotopic (exact) mass is 633 g/mol. The highest BCUT2D eigenvalue weighted by Crippen LogP contribution is 2.45. The van der Waals surface area contributed by atoms with Crippen molar-refractivity contribution < 1.29 is 19.0 Å². The van der Waals surface area contributed by atoms with Crippen LogP contribution in [0.15, 0.2) is 23.1 Å². The number of carbonyl (C=O) groups excluding carboxylic acids is 1. The van der Waals surface area contributed by atoms with Crippen LogP contribution in [0, 0.1) is 0 Å². The molecule has 0 radical (unpaired) electrons. The molecule has 2 aromatic heterocycles. The largest absolute Gasteiger partial charge is 0.495 e. The van der Waals surface area contributed by atoms with Crippen molar-refractivity contribution in [1.82, 2.24) is 19.4 Å². The van der Waals surface area contributed by atoms with Gasteiger partial charge in [0.2, 0.25) is 5.95 Å². The number of pyridine rings is 1. The van der Waals surface area contributed by atoms with Gasteiger partial charge in [-0.25, -0.2) is 9.78 Å². The quantitative estimate of drug-likeness (QED) is 0.292. The first-order valence-electron chi connectivity index (χ1n) is 14.4. The fraction of sp³-hybridized carbons (Fsp3) is 0.548. The summed E-state index contributed by atoms with van der Waals surface area (Å²) < 4.78 is 18.4. The van der Waals surface area contributed by atoms with Gasteiger partial charge in [-0.1, -0.05) is 23.2 Å². The van der Waals surface area contributed by atoms with E-state index in [0.29, 0.717) is 40.6 Å². The minimum Gasteiger partial charge on any atom is -0.495 e. The maximum atomic E-state index is 13.8. The SMILES string of the molecule is CCn1c(=O)c(-c2c(Cl)c(OC)cc(OC)c2Cl)cc2cnc(N[C@@H]3CCC[C@@H]3OC(=O)N(C(C)(C)C)C(C)(C)C)nc21. The molecule has 4 rings (SSSR count). The predicted molar refractivity (Wildman–Crippen MR) is 171 cm³/mol. The summed E-state index contributed by atoms with van der Waals surface area (Å²) in [6, 6.07) is 3.07. The van der Waals surface area contributed by atoms with Gasteiger partial charge in [0, 0.05) is 40.8 Å². The van der Waals surface area contributed by atoms with Crippen molar-refractivity contribution in [2.45, 2.75) is 97.5 Å². The number of aryl methyl sites for hydroxylation is 1. The number of ether oxygens (including phenoxy) is 3. The first-order chi connectivity index (χ1) is 20.1. The van der Waals surface area contributed by atoms with Crippen molar-refractivity contribution in [1.29, 1.82) is 0 Å². The lowest BCUT2D eigenvalue weighted by Crippen LogP contribution is -2.56. The van der Waals surface area contributed by atoms with E-state index in [9.17, 15) is 9.59 Å². The normalized spacial score (nSPS) is 17.2. The van der Waals surface area contributed by atoms with E-state index in [0.717, 1.165) is 19.3 Å². The lowest BCUT2D eigenvalue weighted by atomic mass is 9.97. The average Bonchev–Trinajstić information content (AvgIpc) is 3.33. The molecule has 1 amide bonds. The Bertz CT molecular complexity index is 1540. The van der Waals surface area contributed by atoms with E-state index in [1.807, 2.05) is 48.5 Å². The van der Waals surface area contributed by atoms with Gasteiger partial charge in [0.05, 0.1) is 35.9 Å². The summed E-state index contributed by atoms with van der Waals surface area (Å²) in [4.78, 5) is 38.2. The van der Waals surface area contributed by atoms with E-state index in [4.69, 9.17) is 42.4 Å². The molecule has 1 aliphatic rings. The second kappa shape index (κ2) is 12.4. The van der Waals surface area contributed by atoms with Gasteiger partial charge in [0.15, 0.2) is 0 Å². The van der Waals surface area contributed by atoms with Crippen molar-refractivity contribution in [2.24, 2.45) is 0 Å². The molecular weight excluding hydrogens is 593 g/mol. The topological polar surface area (TPSA) is 108 Å². The van der Waals surface area contributed by atoms with Gasteiger partial charge >= 0.3 is 6.09 Å². The van der Waals surface area contributed by atoms with Crippen LogP contribution >= 0.6 is 23.2 Å². The molecule has 0 unspecified atom stereocenters. The zero-order valence-electron chi connectivity index (χ0n) is 26.3. The molecule has 43 heavy (non-hydrogen) atoms. The Labute approximate surface area is 262 Å². The van der Waals surface area contributed by atoms with Crippen molar-refractivity contribution in [3.05, 3.63) is 38.7 Å². The highest BCUT2D eigenvalue weighted by atomic mass is 35.5. The minimum absolute atomic E-state index is 0.175. The maximum Gasteiger partial charge on any atom is 0.410 e. The average molecular weight is 635 g/mol. The van der Waals surface area contributed by atoms with Crippen LogP contribution in [0.5, 0.6) is 11.5 Å². The van der Waals surface area contributed by atoms with Gasteiger partial charge in [-0.2, -0.15) is 4.98 Å². The summed E-state index contributed by atoms with van der Waals surface area (Å²) in [5.74, 6) is 1.00. The molecule has 2 atom stereocenters. The summed E-state index contributed by atoms with van der Waals surface area (Å²) in [5, 5.41) is 4.38. The Balaban J connectivity index is 1.68. The maximum absolute atomic E-state index is 13.8. The summed E-state index contributed by atoms with van der Waals surface area (Å²) in [6.45, 7) is 14.2. The van der Waals surface area contributed by atoms with Crippen LogP contribution < -0.4 is 20.3 Å². The number of nitrogens with one attached hydrogen (secondary N) is 1. The molecule has 0 bridgehead atoms. The summed E-state index contributed by atoms with van der Waals surface area (Å²) in [6.07, 6.45) is 3.37. The van der Waals surface area contributed by atoms with Crippen molar-refractivity contribution >= 4 is 46.3 Å². The van der Waals surface area contributed by atoms with Crippen LogP contribution in [0.3, 0.4) is 0 Å². The fourth-order valence-electron chi connectivity index (χ4n) is 5.96. The number of amides is 1. The number of benzene rings is 1. The van der Waals surface area contributed by atoms with Crippen LogP contribution in [0.25, 0.3) is 22.2 Å². The van der Waals surface area contributed by atoms with Crippen molar-refractivity contribution in [2.75, 3.05) is 19.5 Å². The van der Waals surface area contributed by atoms with Gasteiger partial charge < -0.3 is 19.5 Å². The minimum atomic E-state index is -0.411. The number of hydrogen-bond donors (Lipinski definition) is 1. The van der Waals surface area contributed by atoms with Gasteiger partial charge in [-0.05, 0) is 73.8 Å². The third-order valence-corrected chi connectivity index (χ3v) is 8.28. The molecular formula is C31H41Cl2N5O5. The van der Waals surface area contributed by atoms with E-state index in [1.54, 1.807) is 27.8 Å². The van der Waals surface area contributed by atoms with E-state index in [1.165, 1.54) is 14.2 Å². The second-order valence-electron chi connectivity index (χ2n) is 12.6. The molecule has 12 heteroatoms. The number of anilines is 1. The van der Waals surface area contributed by atoms with E-state index in [2.05, 4.69) is 10.3 Å². The number of fused-ring (bicyclic) bond motifs is 1. The molecule has 0 saturated heterocycles. The van der Waals surface area contributed by atoms with E-state index >= 15 is 0 Å². The first-order valence-corrected chi connectivity index (χ1v) is 15.2. The Kier molecular flexibility index (Phi) is 9.42. The van der Waals surface area contributed by atoms with E-state index in [-0.39, 0.29) is 39.4 Å². The summed E-state index contributed by atoms with van der Waals surface area (Å²) in [7, 11) is 2.96. The Hall–Kier alpha value is -3.24. The number of carbonyl (C=O) groups is 1. The van der Waals surface area contributed by atoms with E-state index < -0.39 is 11.1 Å². The predicted octanol–water partition coefficient (Wildman–Crippen LogP) is 7.17. The number of hydrogen-bond acceptors (Lipinski definition) is 8. The lowest BCUT2D eigenvalue weighted by molar-refractivity contribution is -0.000326. The standard InChI is InChI=1S/C31H41Cl2N5O5/c1-10-37-26-17(14-18(27(37)39)23-24(32)21(41-8)15-22(42-9)25(23)33)16-34-28(36-26)35-19-12-11-13-20(19)43-29(40)38(30(2,3)4)31(5,6)7/h14-16,19-20H,10-13H2,1-9H3,(H,34,35,36)/t19-,20+/m1/s1. The van der Waals surface area contributed by atoms with Crippen LogP contribution in [0.1, 0.15) is 67.7 Å². The molecule has 2 heterocycles. The van der Waals surface area contributed by atoms with Crippen LogP contribution in [-0.2, 0) is 11.3 Å². The Morgan fingerprint density at radius 1 is 1.05 bits per heavy atom. The summed E-state index contributed by atoms with van der Waals surface area (Å²) in [5.41, 5.74) is -0.108. The van der Waals surface area contributed by atoms with Gasteiger partial charge in [-0.15, -0.1) is 0 Å². The molecule has 1 N–H and O–H groups in total. The van der Waals surface area contributed by atoms with Crippen LogP contribution in [-0.4, -0.2) is 63.0 Å². The molecule has 0 aliphatic heterocycles. The molecule has 1 fully saturated rings. The Morgan fingerprint density at radius 2 is 1.65 bits per heavy atom. The smallest absolute Gasteiger partial charge is 0.410 e. The third-order valence-electron chi connectivity index (χ3n) is 7.53.